The largest absolute Gasteiger partial charge is 0.444 e. The van der Waals surface area contributed by atoms with Gasteiger partial charge in [0.2, 0.25) is 0 Å². The molecule has 0 spiro atoms. The van der Waals surface area contributed by atoms with Gasteiger partial charge in [-0.25, -0.2) is 9.59 Å². The van der Waals surface area contributed by atoms with Gasteiger partial charge in [-0.1, -0.05) is 30.3 Å². The molecule has 1 aromatic heterocycles. The minimum Gasteiger partial charge on any atom is -0.444 e. The highest BCUT2D eigenvalue weighted by molar-refractivity contribution is 5.94. The van der Waals surface area contributed by atoms with Crippen LogP contribution in [0.2, 0.25) is 0 Å². The monoisotopic (exact) mass is 409 g/mol. The summed E-state index contributed by atoms with van der Waals surface area (Å²) in [6.45, 7) is 5.33. The number of amides is 1. The van der Waals surface area contributed by atoms with Crippen LogP contribution < -0.4 is 15.7 Å². The predicted octanol–water partition coefficient (Wildman–Crippen LogP) is 4.28. The Labute approximate surface area is 173 Å². The Kier molecular flexibility index (Phi) is 6.20. The van der Waals surface area contributed by atoms with Crippen LogP contribution in [0.25, 0.3) is 22.1 Å². The van der Waals surface area contributed by atoms with Gasteiger partial charge in [0.1, 0.15) is 16.9 Å². The van der Waals surface area contributed by atoms with E-state index in [-0.39, 0.29) is 18.7 Å². The molecule has 0 aliphatic rings. The normalized spacial score (nSPS) is 11.2. The number of benzene rings is 2. The van der Waals surface area contributed by atoms with Crippen molar-refractivity contribution in [2.75, 3.05) is 6.54 Å². The first-order chi connectivity index (χ1) is 14.2. The fourth-order valence-electron chi connectivity index (χ4n) is 2.83. The first kappa shape index (κ1) is 21.1. The lowest BCUT2D eigenvalue weighted by atomic mass is 10.0. The van der Waals surface area contributed by atoms with Crippen molar-refractivity contribution in [3.05, 3.63) is 65.0 Å². The molecule has 0 bridgehead atoms. The molecule has 30 heavy (non-hydrogen) atoms. The second-order valence-corrected chi connectivity index (χ2v) is 7.66. The van der Waals surface area contributed by atoms with E-state index >= 15 is 0 Å². The van der Waals surface area contributed by atoms with Gasteiger partial charge < -0.3 is 19.2 Å². The third-order valence-corrected chi connectivity index (χ3v) is 4.03. The predicted molar refractivity (Wildman–Crippen MR) is 112 cm³/mol. The molecule has 0 radical (unpaired) electrons. The minimum atomic E-state index is -0.613. The minimum absolute atomic E-state index is 0.0364. The van der Waals surface area contributed by atoms with E-state index in [9.17, 15) is 14.4 Å². The fourth-order valence-corrected chi connectivity index (χ4v) is 2.83. The average Bonchev–Trinajstić information content (AvgIpc) is 2.66. The Morgan fingerprint density at radius 1 is 1.03 bits per heavy atom. The van der Waals surface area contributed by atoms with Gasteiger partial charge >= 0.3 is 17.7 Å². The summed E-state index contributed by atoms with van der Waals surface area (Å²) in [5.74, 6) is -0.287. The molecule has 3 aromatic rings. The molecule has 0 fully saturated rings. The molecule has 1 N–H and O–H groups in total. The van der Waals surface area contributed by atoms with E-state index in [0.29, 0.717) is 5.58 Å². The summed E-state index contributed by atoms with van der Waals surface area (Å²) < 4.78 is 15.7. The van der Waals surface area contributed by atoms with E-state index < -0.39 is 23.3 Å². The highest BCUT2D eigenvalue weighted by atomic mass is 16.6. The smallest absolute Gasteiger partial charge is 0.407 e. The quantitative estimate of drug-likeness (QED) is 0.384. The zero-order chi connectivity index (χ0) is 21.7. The van der Waals surface area contributed by atoms with Gasteiger partial charge in [-0.05, 0) is 44.0 Å². The van der Waals surface area contributed by atoms with Crippen LogP contribution in [0.1, 0.15) is 27.2 Å². The summed E-state index contributed by atoms with van der Waals surface area (Å²) in [6, 6.07) is 15.8. The van der Waals surface area contributed by atoms with Gasteiger partial charge in [0.25, 0.3) is 0 Å². The second-order valence-electron chi connectivity index (χ2n) is 7.66. The van der Waals surface area contributed by atoms with Crippen LogP contribution in [0.15, 0.2) is 63.8 Å². The van der Waals surface area contributed by atoms with Gasteiger partial charge in [0, 0.05) is 24.1 Å². The fraction of sp³-hybridized carbons (Fsp3) is 0.261. The Hall–Kier alpha value is -3.61. The number of nitrogens with one attached hydrogen (secondary N) is 1. The van der Waals surface area contributed by atoms with Crippen molar-refractivity contribution in [1.29, 1.82) is 0 Å². The molecule has 1 heterocycles. The number of hydrogen-bond acceptors (Lipinski definition) is 6. The Morgan fingerprint density at radius 3 is 2.47 bits per heavy atom. The van der Waals surface area contributed by atoms with Gasteiger partial charge in [0.05, 0.1) is 6.42 Å². The maximum Gasteiger partial charge on any atom is 0.407 e. The second kappa shape index (κ2) is 8.82. The van der Waals surface area contributed by atoms with E-state index in [1.54, 1.807) is 32.9 Å². The lowest BCUT2D eigenvalue weighted by Gasteiger charge is -2.19. The van der Waals surface area contributed by atoms with E-state index in [1.165, 1.54) is 12.1 Å². The molecule has 7 heteroatoms. The summed E-state index contributed by atoms with van der Waals surface area (Å²) >= 11 is 0. The van der Waals surface area contributed by atoms with Crippen LogP contribution in [0.5, 0.6) is 5.75 Å². The first-order valence-electron chi connectivity index (χ1n) is 9.52. The highest BCUT2D eigenvalue weighted by Gasteiger charge is 2.16. The number of carbonyl (C=O) groups is 2. The third kappa shape index (κ3) is 5.70. The highest BCUT2D eigenvalue weighted by Crippen LogP contribution is 2.29. The summed E-state index contributed by atoms with van der Waals surface area (Å²) in [7, 11) is 0. The number of ether oxygens (including phenoxy) is 2. The topological polar surface area (TPSA) is 94.8 Å². The Bertz CT molecular complexity index is 1110. The molecule has 2 aromatic carbocycles. The number of fused-ring (bicyclic) bond motifs is 1. The van der Waals surface area contributed by atoms with Crippen molar-refractivity contribution in [3.8, 4) is 16.9 Å². The molecule has 0 unspecified atom stereocenters. The van der Waals surface area contributed by atoms with E-state index in [0.717, 1.165) is 16.5 Å². The average molecular weight is 409 g/mol. The molecule has 1 amide bonds. The molecule has 3 rings (SSSR count). The summed E-state index contributed by atoms with van der Waals surface area (Å²) in [4.78, 5) is 35.7. The molecule has 0 aliphatic heterocycles. The standard InChI is InChI=1S/C23H23NO6/c1-23(2,3)30-22(27)24-12-11-20(25)28-16-9-10-17-18(15-7-5-4-6-8-15)14-21(26)29-19(17)13-16/h4-10,13-14H,11-12H2,1-3H3,(H,24,27). The number of alkyl carbamates (subject to hydrolysis) is 1. The summed E-state index contributed by atoms with van der Waals surface area (Å²) in [5.41, 5.74) is 0.831. The third-order valence-electron chi connectivity index (χ3n) is 4.03. The van der Waals surface area contributed by atoms with Crippen molar-refractivity contribution in [1.82, 2.24) is 5.32 Å². The van der Waals surface area contributed by atoms with E-state index in [1.807, 2.05) is 30.3 Å². The zero-order valence-electron chi connectivity index (χ0n) is 17.1. The van der Waals surface area contributed by atoms with E-state index in [2.05, 4.69) is 5.32 Å². The Morgan fingerprint density at radius 2 is 1.77 bits per heavy atom. The molecule has 0 saturated carbocycles. The van der Waals surface area contributed by atoms with Crippen LogP contribution in [0.3, 0.4) is 0 Å². The van der Waals surface area contributed by atoms with Gasteiger partial charge in [-0.2, -0.15) is 0 Å². The molecule has 7 nitrogen and oxygen atoms in total. The maximum absolute atomic E-state index is 12.1. The SMILES string of the molecule is CC(C)(C)OC(=O)NCCC(=O)Oc1ccc2c(-c3ccccc3)cc(=O)oc2c1. The van der Waals surface area contributed by atoms with Crippen molar-refractivity contribution in [2.24, 2.45) is 0 Å². The molecule has 0 aliphatic carbocycles. The van der Waals surface area contributed by atoms with Crippen LogP contribution in [0.4, 0.5) is 4.79 Å². The summed E-state index contributed by atoms with van der Waals surface area (Å²) in [5, 5.41) is 3.23. The molecule has 156 valence electrons. The van der Waals surface area contributed by atoms with E-state index in [4.69, 9.17) is 13.9 Å². The van der Waals surface area contributed by atoms with Crippen molar-refractivity contribution in [3.63, 3.8) is 0 Å². The van der Waals surface area contributed by atoms with Crippen molar-refractivity contribution in [2.45, 2.75) is 32.8 Å². The number of carbonyl (C=O) groups excluding carboxylic acids is 2. The molecular weight excluding hydrogens is 386 g/mol. The van der Waals surface area contributed by atoms with Crippen LogP contribution in [0, 0.1) is 0 Å². The number of rotatable bonds is 5. The van der Waals surface area contributed by atoms with Crippen LogP contribution >= 0.6 is 0 Å². The van der Waals surface area contributed by atoms with Gasteiger partial charge in [-0.3, -0.25) is 4.79 Å². The molecule has 0 saturated heterocycles. The van der Waals surface area contributed by atoms with Crippen LogP contribution in [-0.4, -0.2) is 24.2 Å². The lowest BCUT2D eigenvalue weighted by Crippen LogP contribution is -2.34. The first-order valence-corrected chi connectivity index (χ1v) is 9.52. The maximum atomic E-state index is 12.1. The number of esters is 1. The Balaban J connectivity index is 1.68. The van der Waals surface area contributed by atoms with Crippen molar-refractivity contribution < 1.29 is 23.5 Å². The van der Waals surface area contributed by atoms with Gasteiger partial charge in [0.15, 0.2) is 0 Å². The molecule has 0 atom stereocenters. The lowest BCUT2D eigenvalue weighted by molar-refractivity contribution is -0.134. The van der Waals surface area contributed by atoms with Crippen LogP contribution in [-0.2, 0) is 9.53 Å². The molecular formula is C23H23NO6. The number of hydrogen-bond donors (Lipinski definition) is 1. The van der Waals surface area contributed by atoms with Crippen molar-refractivity contribution >= 4 is 23.0 Å². The summed E-state index contributed by atoms with van der Waals surface area (Å²) in [6.07, 6.45) is -0.637. The zero-order valence-corrected chi connectivity index (χ0v) is 17.1. The van der Waals surface area contributed by atoms with Gasteiger partial charge in [-0.15, -0.1) is 0 Å².